The molecule has 1 amide bonds. The summed E-state index contributed by atoms with van der Waals surface area (Å²) in [6.07, 6.45) is 6.97. The molecule has 2 aromatic heterocycles. The van der Waals surface area contributed by atoms with Gasteiger partial charge in [0.05, 0.1) is 17.7 Å². The van der Waals surface area contributed by atoms with Crippen LogP contribution in [-0.4, -0.2) is 65.1 Å². The molecule has 0 bridgehead atoms. The minimum Gasteiger partial charge on any atom is -0.359 e. The zero-order valence-electron chi connectivity index (χ0n) is 17.0. The summed E-state index contributed by atoms with van der Waals surface area (Å²) in [5.74, 6) is 1.31. The van der Waals surface area contributed by atoms with Gasteiger partial charge in [-0.2, -0.15) is 0 Å². The average Bonchev–Trinajstić information content (AvgIpc) is 3.50. The minimum atomic E-state index is -0.304. The molecule has 3 aliphatic rings. The van der Waals surface area contributed by atoms with Crippen molar-refractivity contribution >= 4 is 5.91 Å². The molecule has 1 N–H and O–H groups in total. The van der Waals surface area contributed by atoms with E-state index in [2.05, 4.69) is 20.4 Å². The van der Waals surface area contributed by atoms with E-state index < -0.39 is 0 Å². The van der Waals surface area contributed by atoms with Crippen molar-refractivity contribution in [3.63, 3.8) is 0 Å². The zero-order valence-corrected chi connectivity index (χ0v) is 17.0. The number of aromatic nitrogens is 2. The van der Waals surface area contributed by atoms with Crippen LogP contribution in [0.25, 0.3) is 11.4 Å². The van der Waals surface area contributed by atoms with Crippen molar-refractivity contribution in [2.45, 2.75) is 38.3 Å². The van der Waals surface area contributed by atoms with E-state index in [0.717, 1.165) is 31.9 Å². The number of amides is 1. The molecule has 2 saturated heterocycles. The Balaban J connectivity index is 1.29. The lowest BCUT2D eigenvalue weighted by Gasteiger charge is -2.32. The fourth-order valence-corrected chi connectivity index (χ4v) is 5.52. The van der Waals surface area contributed by atoms with Crippen molar-refractivity contribution in [3.05, 3.63) is 36.2 Å². The molecule has 0 radical (unpaired) electrons. The zero-order chi connectivity index (χ0) is 19.8. The number of hydrogen-bond donors (Lipinski definition) is 1. The first kappa shape index (κ1) is 18.8. The van der Waals surface area contributed by atoms with Gasteiger partial charge in [0.1, 0.15) is 5.69 Å². The van der Waals surface area contributed by atoms with E-state index in [1.54, 1.807) is 6.20 Å². The summed E-state index contributed by atoms with van der Waals surface area (Å²) in [7, 11) is 1.88. The monoisotopic (exact) mass is 395 g/mol. The van der Waals surface area contributed by atoms with Crippen molar-refractivity contribution in [1.29, 1.82) is 0 Å². The lowest BCUT2D eigenvalue weighted by Crippen LogP contribution is -2.48. The Bertz CT molecular complexity index is 863. The largest absolute Gasteiger partial charge is 0.359 e. The number of pyridine rings is 1. The highest BCUT2D eigenvalue weighted by Gasteiger charge is 2.56. The molecule has 5 rings (SSSR count). The van der Waals surface area contributed by atoms with Gasteiger partial charge in [-0.1, -0.05) is 24.1 Å². The van der Waals surface area contributed by atoms with Crippen molar-refractivity contribution < 1.29 is 9.32 Å². The van der Waals surface area contributed by atoms with E-state index in [4.69, 9.17) is 4.52 Å². The summed E-state index contributed by atoms with van der Waals surface area (Å²) in [4.78, 5) is 22.3. The molecule has 4 heterocycles. The number of nitrogens with zero attached hydrogens (tertiary/aromatic N) is 4. The molecule has 0 aromatic carbocycles. The Hall–Kier alpha value is -2.25. The van der Waals surface area contributed by atoms with Crippen LogP contribution in [0.4, 0.5) is 0 Å². The molecule has 7 heteroatoms. The number of fused-ring (bicyclic) bond motifs is 1. The van der Waals surface area contributed by atoms with Gasteiger partial charge in [0.25, 0.3) is 0 Å². The second-order valence-electron chi connectivity index (χ2n) is 8.91. The standard InChI is InChI=1S/C22H29N5O2/c1-26(13-18-10-20(25-29-18)19-8-4-5-9-24-19)21(28)22-14-23-11-16(22)12-27(15-22)17-6-2-3-7-17/h4-5,8-10,16-17,23H,2-3,6-7,11-15H2,1H3/t16-,22-/m0/s1. The molecule has 29 heavy (non-hydrogen) atoms. The van der Waals surface area contributed by atoms with Crippen LogP contribution in [0, 0.1) is 11.3 Å². The molecule has 3 fully saturated rings. The van der Waals surface area contributed by atoms with Crippen LogP contribution in [0.15, 0.2) is 35.0 Å². The fraction of sp³-hybridized carbons (Fsp3) is 0.591. The summed E-state index contributed by atoms with van der Waals surface area (Å²) in [5.41, 5.74) is 1.17. The Morgan fingerprint density at radius 3 is 3.00 bits per heavy atom. The minimum absolute atomic E-state index is 0.226. The molecule has 2 aromatic rings. The first-order valence-corrected chi connectivity index (χ1v) is 10.7. The molecule has 0 unspecified atom stereocenters. The number of carbonyl (C=O) groups excluding carboxylic acids is 1. The third kappa shape index (κ3) is 3.36. The van der Waals surface area contributed by atoms with E-state index in [9.17, 15) is 4.79 Å². The SMILES string of the molecule is CN(Cc1cc(-c2ccccn2)no1)C(=O)[C@]12CNC[C@H]1CN(C1CCCC1)C2. The Labute approximate surface area is 171 Å². The van der Waals surface area contributed by atoms with Gasteiger partial charge < -0.3 is 14.7 Å². The van der Waals surface area contributed by atoms with Gasteiger partial charge in [0, 0.05) is 57.4 Å². The highest BCUT2D eigenvalue weighted by molar-refractivity contribution is 5.84. The van der Waals surface area contributed by atoms with Crippen molar-refractivity contribution in [3.8, 4) is 11.4 Å². The highest BCUT2D eigenvalue weighted by Crippen LogP contribution is 2.43. The molecule has 1 aliphatic carbocycles. The lowest BCUT2D eigenvalue weighted by molar-refractivity contribution is -0.141. The van der Waals surface area contributed by atoms with E-state index >= 15 is 0 Å². The first-order chi connectivity index (χ1) is 14.2. The maximum atomic E-state index is 13.6. The first-order valence-electron chi connectivity index (χ1n) is 10.7. The van der Waals surface area contributed by atoms with Crippen molar-refractivity contribution in [2.24, 2.45) is 11.3 Å². The molecule has 7 nitrogen and oxygen atoms in total. The maximum absolute atomic E-state index is 13.6. The number of hydrogen-bond acceptors (Lipinski definition) is 6. The molecular weight excluding hydrogens is 366 g/mol. The van der Waals surface area contributed by atoms with E-state index in [1.165, 1.54) is 25.7 Å². The maximum Gasteiger partial charge on any atom is 0.231 e. The number of carbonyl (C=O) groups is 1. The fourth-order valence-electron chi connectivity index (χ4n) is 5.52. The van der Waals surface area contributed by atoms with Crippen molar-refractivity contribution in [1.82, 2.24) is 25.3 Å². The predicted molar refractivity (Wildman–Crippen MR) is 109 cm³/mol. The van der Waals surface area contributed by atoms with E-state index in [1.807, 2.05) is 36.2 Å². The van der Waals surface area contributed by atoms with Gasteiger partial charge in [0.15, 0.2) is 5.76 Å². The molecule has 1 saturated carbocycles. The van der Waals surface area contributed by atoms with Crippen LogP contribution in [0.2, 0.25) is 0 Å². The van der Waals surface area contributed by atoms with Gasteiger partial charge in [-0.3, -0.25) is 14.7 Å². The second kappa shape index (κ2) is 7.54. The molecule has 2 aliphatic heterocycles. The summed E-state index contributed by atoms with van der Waals surface area (Å²) in [6, 6.07) is 8.26. The van der Waals surface area contributed by atoms with Crippen LogP contribution in [0.3, 0.4) is 0 Å². The third-order valence-electron chi connectivity index (χ3n) is 7.05. The average molecular weight is 396 g/mol. The lowest BCUT2D eigenvalue weighted by atomic mass is 9.79. The summed E-state index contributed by atoms with van der Waals surface area (Å²) >= 11 is 0. The van der Waals surface area contributed by atoms with Crippen LogP contribution in [0.1, 0.15) is 31.4 Å². The normalized spacial score (nSPS) is 27.4. The van der Waals surface area contributed by atoms with Gasteiger partial charge in [-0.05, 0) is 25.0 Å². The second-order valence-corrected chi connectivity index (χ2v) is 8.91. The summed E-state index contributed by atoms with van der Waals surface area (Å²) < 4.78 is 5.50. The number of nitrogens with one attached hydrogen (secondary N) is 1. The quantitative estimate of drug-likeness (QED) is 0.836. The summed E-state index contributed by atoms with van der Waals surface area (Å²) in [5, 5.41) is 7.61. The van der Waals surface area contributed by atoms with Gasteiger partial charge >= 0.3 is 0 Å². The number of rotatable bonds is 5. The van der Waals surface area contributed by atoms with Crippen LogP contribution in [0.5, 0.6) is 0 Å². The Morgan fingerprint density at radius 1 is 1.34 bits per heavy atom. The van der Waals surface area contributed by atoms with Crippen molar-refractivity contribution in [2.75, 3.05) is 33.2 Å². The third-order valence-corrected chi connectivity index (χ3v) is 7.05. The number of likely N-dealkylation sites (tertiary alicyclic amines) is 1. The van der Waals surface area contributed by atoms with E-state index in [-0.39, 0.29) is 11.3 Å². The van der Waals surface area contributed by atoms with Crippen LogP contribution < -0.4 is 5.32 Å². The van der Waals surface area contributed by atoms with Crippen LogP contribution >= 0.6 is 0 Å². The summed E-state index contributed by atoms with van der Waals surface area (Å²) in [6.45, 7) is 4.07. The Kier molecular flexibility index (Phi) is 4.87. The Morgan fingerprint density at radius 2 is 2.21 bits per heavy atom. The van der Waals surface area contributed by atoms with E-state index in [0.29, 0.717) is 30.0 Å². The predicted octanol–water partition coefficient (Wildman–Crippen LogP) is 2.16. The van der Waals surface area contributed by atoms with Crippen LogP contribution in [-0.2, 0) is 11.3 Å². The molecule has 154 valence electrons. The smallest absolute Gasteiger partial charge is 0.231 e. The molecular formula is C22H29N5O2. The molecule has 0 spiro atoms. The van der Waals surface area contributed by atoms with Gasteiger partial charge in [-0.15, -0.1) is 0 Å². The van der Waals surface area contributed by atoms with Gasteiger partial charge in [-0.25, -0.2) is 0 Å². The highest BCUT2D eigenvalue weighted by atomic mass is 16.5. The van der Waals surface area contributed by atoms with Gasteiger partial charge in [0.2, 0.25) is 5.91 Å². The molecule has 2 atom stereocenters. The topological polar surface area (TPSA) is 74.5 Å².